The fourth-order valence-electron chi connectivity index (χ4n) is 0.882. The SMILES string of the molecule is CCCCOC(C)(COC)C(=O)O. The van der Waals surface area contributed by atoms with Crippen molar-refractivity contribution >= 4 is 5.97 Å². The predicted molar refractivity (Wildman–Crippen MR) is 48.8 cm³/mol. The van der Waals surface area contributed by atoms with Crippen LogP contribution in [0.4, 0.5) is 0 Å². The van der Waals surface area contributed by atoms with Gasteiger partial charge in [0, 0.05) is 13.7 Å². The van der Waals surface area contributed by atoms with Crippen molar-refractivity contribution in [3.63, 3.8) is 0 Å². The van der Waals surface area contributed by atoms with E-state index < -0.39 is 11.6 Å². The van der Waals surface area contributed by atoms with E-state index >= 15 is 0 Å². The highest BCUT2D eigenvalue weighted by Crippen LogP contribution is 2.11. The standard InChI is InChI=1S/C9H18O4/c1-4-5-6-13-9(2,7-12-3)8(10)11/h4-7H2,1-3H3,(H,10,11). The number of carboxylic acid groups (broad SMARTS) is 1. The number of unbranched alkanes of at least 4 members (excludes halogenated alkanes) is 1. The zero-order chi connectivity index (χ0) is 10.3. The Morgan fingerprint density at radius 2 is 2.15 bits per heavy atom. The lowest BCUT2D eigenvalue weighted by atomic mass is 10.1. The first-order valence-corrected chi connectivity index (χ1v) is 4.43. The van der Waals surface area contributed by atoms with Gasteiger partial charge in [0.05, 0.1) is 6.61 Å². The molecule has 0 rings (SSSR count). The molecule has 1 unspecified atom stereocenters. The molecule has 0 heterocycles. The van der Waals surface area contributed by atoms with Gasteiger partial charge in [-0.3, -0.25) is 0 Å². The molecule has 78 valence electrons. The van der Waals surface area contributed by atoms with Crippen LogP contribution in [0.1, 0.15) is 26.7 Å². The van der Waals surface area contributed by atoms with Crippen molar-refractivity contribution in [2.75, 3.05) is 20.3 Å². The fraction of sp³-hybridized carbons (Fsp3) is 0.889. The van der Waals surface area contributed by atoms with E-state index in [-0.39, 0.29) is 6.61 Å². The summed E-state index contributed by atoms with van der Waals surface area (Å²) in [5.41, 5.74) is -1.20. The minimum Gasteiger partial charge on any atom is -0.479 e. The van der Waals surface area contributed by atoms with Gasteiger partial charge in [0.25, 0.3) is 0 Å². The van der Waals surface area contributed by atoms with E-state index in [9.17, 15) is 4.79 Å². The number of hydrogen-bond donors (Lipinski definition) is 1. The molecule has 0 aromatic heterocycles. The van der Waals surface area contributed by atoms with Crippen LogP contribution < -0.4 is 0 Å². The zero-order valence-electron chi connectivity index (χ0n) is 8.50. The first-order chi connectivity index (χ1) is 6.06. The van der Waals surface area contributed by atoms with Gasteiger partial charge in [-0.15, -0.1) is 0 Å². The maximum Gasteiger partial charge on any atom is 0.338 e. The summed E-state index contributed by atoms with van der Waals surface area (Å²) in [5, 5.41) is 8.86. The van der Waals surface area contributed by atoms with Crippen LogP contribution >= 0.6 is 0 Å². The van der Waals surface area contributed by atoms with E-state index in [2.05, 4.69) is 0 Å². The third kappa shape index (κ3) is 4.24. The molecule has 0 aliphatic rings. The van der Waals surface area contributed by atoms with E-state index in [1.54, 1.807) is 0 Å². The third-order valence-corrected chi connectivity index (χ3v) is 1.79. The molecule has 0 aliphatic heterocycles. The van der Waals surface area contributed by atoms with Crippen molar-refractivity contribution in [1.82, 2.24) is 0 Å². The topological polar surface area (TPSA) is 55.8 Å². The normalized spacial score (nSPS) is 15.3. The van der Waals surface area contributed by atoms with Crippen LogP contribution in [-0.4, -0.2) is 37.0 Å². The second-order valence-electron chi connectivity index (χ2n) is 3.17. The molecule has 0 saturated carbocycles. The minimum absolute atomic E-state index is 0.0754. The van der Waals surface area contributed by atoms with Crippen molar-refractivity contribution in [3.05, 3.63) is 0 Å². The van der Waals surface area contributed by atoms with Crippen LogP contribution in [0.3, 0.4) is 0 Å². The van der Waals surface area contributed by atoms with Crippen LogP contribution in [0.2, 0.25) is 0 Å². The molecular weight excluding hydrogens is 172 g/mol. The van der Waals surface area contributed by atoms with Crippen LogP contribution in [0, 0.1) is 0 Å². The van der Waals surface area contributed by atoms with E-state index in [1.807, 2.05) is 6.92 Å². The Morgan fingerprint density at radius 3 is 2.54 bits per heavy atom. The first kappa shape index (κ1) is 12.4. The molecule has 0 aromatic rings. The third-order valence-electron chi connectivity index (χ3n) is 1.79. The lowest BCUT2D eigenvalue weighted by molar-refractivity contribution is -0.170. The van der Waals surface area contributed by atoms with Crippen LogP contribution in [-0.2, 0) is 14.3 Å². The molecule has 4 heteroatoms. The number of aliphatic carboxylic acids is 1. The molecule has 0 saturated heterocycles. The van der Waals surface area contributed by atoms with Gasteiger partial charge in [0.1, 0.15) is 0 Å². The molecule has 0 fully saturated rings. The van der Waals surface area contributed by atoms with Crippen molar-refractivity contribution in [2.24, 2.45) is 0 Å². The van der Waals surface area contributed by atoms with E-state index in [0.29, 0.717) is 6.61 Å². The smallest absolute Gasteiger partial charge is 0.338 e. The molecule has 4 nitrogen and oxygen atoms in total. The first-order valence-electron chi connectivity index (χ1n) is 4.43. The van der Waals surface area contributed by atoms with E-state index in [0.717, 1.165) is 12.8 Å². The van der Waals surface area contributed by atoms with E-state index in [1.165, 1.54) is 14.0 Å². The average molecular weight is 190 g/mol. The second kappa shape index (κ2) is 5.94. The summed E-state index contributed by atoms with van der Waals surface area (Å²) in [6.45, 7) is 4.08. The Kier molecular flexibility index (Phi) is 5.66. The average Bonchev–Trinajstić information content (AvgIpc) is 2.05. The number of ether oxygens (including phenoxy) is 2. The van der Waals surface area contributed by atoms with Crippen molar-refractivity contribution < 1.29 is 19.4 Å². The maximum absolute atomic E-state index is 10.8. The predicted octanol–water partition coefficient (Wildman–Crippen LogP) is 1.29. The summed E-state index contributed by atoms with van der Waals surface area (Å²) >= 11 is 0. The maximum atomic E-state index is 10.8. The lowest BCUT2D eigenvalue weighted by Crippen LogP contribution is -2.43. The molecule has 0 aromatic carbocycles. The van der Waals surface area contributed by atoms with Crippen molar-refractivity contribution in [1.29, 1.82) is 0 Å². The lowest BCUT2D eigenvalue weighted by Gasteiger charge is -2.24. The highest BCUT2D eigenvalue weighted by atomic mass is 16.6. The highest BCUT2D eigenvalue weighted by molar-refractivity contribution is 5.77. The van der Waals surface area contributed by atoms with Crippen LogP contribution in [0.5, 0.6) is 0 Å². The minimum atomic E-state index is -1.20. The summed E-state index contributed by atoms with van der Waals surface area (Å²) < 4.78 is 10.0. The van der Waals surface area contributed by atoms with Gasteiger partial charge in [-0.05, 0) is 13.3 Å². The quantitative estimate of drug-likeness (QED) is 0.615. The Labute approximate surface area is 78.8 Å². The summed E-state index contributed by atoms with van der Waals surface area (Å²) in [6.07, 6.45) is 1.86. The summed E-state index contributed by atoms with van der Waals surface area (Å²) in [6, 6.07) is 0. The van der Waals surface area contributed by atoms with Gasteiger partial charge < -0.3 is 14.6 Å². The highest BCUT2D eigenvalue weighted by Gasteiger charge is 2.33. The Bertz CT molecular complexity index is 158. The van der Waals surface area contributed by atoms with Crippen LogP contribution in [0.25, 0.3) is 0 Å². The van der Waals surface area contributed by atoms with E-state index in [4.69, 9.17) is 14.6 Å². The molecule has 1 atom stereocenters. The molecule has 13 heavy (non-hydrogen) atoms. The molecule has 0 spiro atoms. The zero-order valence-corrected chi connectivity index (χ0v) is 8.50. The Balaban J connectivity index is 4.00. The molecular formula is C9H18O4. The van der Waals surface area contributed by atoms with Crippen molar-refractivity contribution in [3.8, 4) is 0 Å². The fourth-order valence-corrected chi connectivity index (χ4v) is 0.882. The number of hydrogen-bond acceptors (Lipinski definition) is 3. The van der Waals surface area contributed by atoms with Gasteiger partial charge >= 0.3 is 5.97 Å². The van der Waals surface area contributed by atoms with Gasteiger partial charge in [-0.2, -0.15) is 0 Å². The number of rotatable bonds is 7. The molecule has 1 N–H and O–H groups in total. The second-order valence-corrected chi connectivity index (χ2v) is 3.17. The van der Waals surface area contributed by atoms with Crippen molar-refractivity contribution in [2.45, 2.75) is 32.3 Å². The summed E-state index contributed by atoms with van der Waals surface area (Å²) in [5.74, 6) is -0.981. The molecule has 0 bridgehead atoms. The molecule has 0 radical (unpaired) electrons. The summed E-state index contributed by atoms with van der Waals surface area (Å²) in [7, 11) is 1.46. The number of methoxy groups -OCH3 is 1. The number of carbonyl (C=O) groups is 1. The molecule has 0 aliphatic carbocycles. The Morgan fingerprint density at radius 1 is 1.54 bits per heavy atom. The van der Waals surface area contributed by atoms with Crippen LogP contribution in [0.15, 0.2) is 0 Å². The van der Waals surface area contributed by atoms with Gasteiger partial charge in [-0.25, -0.2) is 4.79 Å². The van der Waals surface area contributed by atoms with Gasteiger partial charge in [-0.1, -0.05) is 13.3 Å². The van der Waals surface area contributed by atoms with Gasteiger partial charge in [0.15, 0.2) is 5.60 Å². The number of carboxylic acids is 1. The largest absolute Gasteiger partial charge is 0.479 e. The Hall–Kier alpha value is -0.610. The summed E-state index contributed by atoms with van der Waals surface area (Å²) in [4.78, 5) is 10.8. The van der Waals surface area contributed by atoms with Gasteiger partial charge in [0.2, 0.25) is 0 Å². The molecule has 0 amide bonds. The monoisotopic (exact) mass is 190 g/mol.